The monoisotopic (exact) mass is 504 g/mol. The zero-order chi connectivity index (χ0) is 26.6. The smallest absolute Gasteiger partial charge is 0.335 e. The molecule has 0 spiro atoms. The maximum absolute atomic E-state index is 13.5. The van der Waals surface area contributed by atoms with E-state index in [0.29, 0.717) is 22.8 Å². The van der Waals surface area contributed by atoms with Crippen molar-refractivity contribution in [3.05, 3.63) is 125 Å². The number of amides is 2. The van der Waals surface area contributed by atoms with Gasteiger partial charge in [-0.1, -0.05) is 54.6 Å². The van der Waals surface area contributed by atoms with Gasteiger partial charge in [0.2, 0.25) is 5.91 Å². The molecule has 1 aromatic heterocycles. The number of rotatable bonds is 7. The number of aromatic carboxylic acids is 1. The Morgan fingerprint density at radius 2 is 1.66 bits per heavy atom. The first-order valence-electron chi connectivity index (χ1n) is 12.0. The van der Waals surface area contributed by atoms with E-state index in [9.17, 15) is 19.5 Å². The second-order valence-electron chi connectivity index (χ2n) is 8.85. The molecule has 3 aromatic carbocycles. The minimum absolute atomic E-state index is 0.157. The molecule has 0 saturated heterocycles. The van der Waals surface area contributed by atoms with Crippen molar-refractivity contribution < 1.29 is 23.9 Å². The van der Waals surface area contributed by atoms with Gasteiger partial charge in [-0.2, -0.15) is 0 Å². The quantitative estimate of drug-likeness (QED) is 0.298. The van der Waals surface area contributed by atoms with E-state index in [-0.39, 0.29) is 23.9 Å². The third-order valence-corrected chi connectivity index (χ3v) is 6.08. The Bertz CT molecular complexity index is 1580. The molecule has 0 bridgehead atoms. The Kier molecular flexibility index (Phi) is 6.74. The Labute approximate surface area is 219 Å². The van der Waals surface area contributed by atoms with Crippen LogP contribution in [-0.2, 0) is 16.1 Å². The fraction of sp³-hybridized carbons (Fsp3) is 0.0645. The van der Waals surface area contributed by atoms with Crippen LogP contribution in [0.2, 0.25) is 0 Å². The van der Waals surface area contributed by atoms with E-state index in [4.69, 9.17) is 4.42 Å². The van der Waals surface area contributed by atoms with Crippen molar-refractivity contribution in [3.8, 4) is 11.3 Å². The first-order valence-corrected chi connectivity index (χ1v) is 12.0. The zero-order valence-corrected chi connectivity index (χ0v) is 20.5. The van der Waals surface area contributed by atoms with E-state index in [1.807, 2.05) is 60.7 Å². The predicted octanol–water partition coefficient (Wildman–Crippen LogP) is 6.07. The number of benzene rings is 3. The second-order valence-corrected chi connectivity index (χ2v) is 8.85. The standard InChI is InChI=1S/C31H24N2O5/c1-20(34)32-26-9-5-8-24(16-26)29-15-14-27(38-29)17-25-18-28(22-6-3-2-4-7-22)33(30(25)35)19-21-10-12-23(13-11-21)31(36)37/h2-18H,19H2,1H3,(H,32,34)(H,36,37)/b25-17+. The van der Waals surface area contributed by atoms with Crippen molar-refractivity contribution in [2.24, 2.45) is 0 Å². The van der Waals surface area contributed by atoms with Gasteiger partial charge in [-0.15, -0.1) is 0 Å². The number of hydrogen-bond acceptors (Lipinski definition) is 4. The van der Waals surface area contributed by atoms with Crippen molar-refractivity contribution in [3.63, 3.8) is 0 Å². The molecule has 0 fully saturated rings. The molecule has 4 aromatic rings. The Morgan fingerprint density at radius 3 is 2.37 bits per heavy atom. The summed E-state index contributed by atoms with van der Waals surface area (Å²) >= 11 is 0. The number of furan rings is 1. The normalized spacial score (nSPS) is 14.0. The highest BCUT2D eigenvalue weighted by Crippen LogP contribution is 2.33. The van der Waals surface area contributed by atoms with E-state index in [1.54, 1.807) is 35.2 Å². The number of carboxylic acid groups (broad SMARTS) is 1. The summed E-state index contributed by atoms with van der Waals surface area (Å²) in [4.78, 5) is 37.8. The van der Waals surface area contributed by atoms with Crippen molar-refractivity contribution in [1.82, 2.24) is 4.90 Å². The molecule has 0 aliphatic carbocycles. The molecule has 0 radical (unpaired) electrons. The van der Waals surface area contributed by atoms with Gasteiger partial charge in [0.25, 0.3) is 5.91 Å². The molecule has 38 heavy (non-hydrogen) atoms. The van der Waals surface area contributed by atoms with Gasteiger partial charge in [0.1, 0.15) is 11.5 Å². The van der Waals surface area contributed by atoms with Crippen LogP contribution in [0, 0.1) is 0 Å². The van der Waals surface area contributed by atoms with Crippen LogP contribution >= 0.6 is 0 Å². The number of carbonyl (C=O) groups is 3. The molecule has 0 saturated carbocycles. The highest BCUT2D eigenvalue weighted by molar-refractivity contribution is 6.10. The van der Waals surface area contributed by atoms with E-state index < -0.39 is 5.97 Å². The van der Waals surface area contributed by atoms with Gasteiger partial charge in [-0.05, 0) is 59.7 Å². The number of hydrogen-bond donors (Lipinski definition) is 2. The lowest BCUT2D eigenvalue weighted by Gasteiger charge is -2.21. The highest BCUT2D eigenvalue weighted by atomic mass is 16.4. The van der Waals surface area contributed by atoms with Gasteiger partial charge < -0.3 is 19.7 Å². The van der Waals surface area contributed by atoms with Gasteiger partial charge in [0, 0.05) is 23.7 Å². The van der Waals surface area contributed by atoms with Gasteiger partial charge in [0.05, 0.1) is 17.8 Å². The van der Waals surface area contributed by atoms with Crippen molar-refractivity contribution in [1.29, 1.82) is 0 Å². The number of nitrogens with one attached hydrogen (secondary N) is 1. The topological polar surface area (TPSA) is 99.9 Å². The second kappa shape index (κ2) is 10.4. The molecule has 188 valence electrons. The number of nitrogens with zero attached hydrogens (tertiary/aromatic N) is 1. The molecule has 2 N–H and O–H groups in total. The summed E-state index contributed by atoms with van der Waals surface area (Å²) in [6.45, 7) is 1.74. The van der Waals surface area contributed by atoms with Crippen LogP contribution in [0.15, 0.2) is 107 Å². The maximum atomic E-state index is 13.5. The zero-order valence-electron chi connectivity index (χ0n) is 20.5. The van der Waals surface area contributed by atoms with Crippen molar-refractivity contribution in [2.75, 3.05) is 5.32 Å². The van der Waals surface area contributed by atoms with Crippen molar-refractivity contribution >= 4 is 35.2 Å². The summed E-state index contributed by atoms with van der Waals surface area (Å²) in [6, 6.07) is 27.1. The molecule has 1 aliphatic rings. The molecular weight excluding hydrogens is 480 g/mol. The summed E-state index contributed by atoms with van der Waals surface area (Å²) in [5.74, 6) is -0.211. The third-order valence-electron chi connectivity index (χ3n) is 6.08. The van der Waals surface area contributed by atoms with Crippen LogP contribution in [0.3, 0.4) is 0 Å². The molecule has 0 unspecified atom stereocenters. The minimum atomic E-state index is -0.997. The molecule has 0 atom stereocenters. The molecule has 2 amide bonds. The SMILES string of the molecule is CC(=O)Nc1cccc(-c2ccc(/C=C3\C=C(c4ccccc4)N(Cc4ccc(C(=O)O)cc4)C3=O)o2)c1. The number of anilines is 1. The van der Waals surface area contributed by atoms with E-state index in [0.717, 1.165) is 22.4 Å². The average Bonchev–Trinajstić information content (AvgIpc) is 3.50. The lowest BCUT2D eigenvalue weighted by atomic mass is 10.1. The van der Waals surface area contributed by atoms with Crippen LogP contribution in [0.5, 0.6) is 0 Å². The predicted molar refractivity (Wildman–Crippen MR) is 145 cm³/mol. The molecule has 1 aliphatic heterocycles. The van der Waals surface area contributed by atoms with Gasteiger partial charge in [0.15, 0.2) is 0 Å². The van der Waals surface area contributed by atoms with Crippen LogP contribution in [-0.4, -0.2) is 27.8 Å². The first kappa shape index (κ1) is 24.5. The fourth-order valence-corrected chi connectivity index (χ4v) is 4.29. The average molecular weight is 505 g/mol. The van der Waals surface area contributed by atoms with Crippen LogP contribution < -0.4 is 5.32 Å². The molecule has 5 rings (SSSR count). The summed E-state index contributed by atoms with van der Waals surface area (Å²) in [7, 11) is 0. The summed E-state index contributed by atoms with van der Waals surface area (Å²) in [5.41, 5.74) is 4.58. The van der Waals surface area contributed by atoms with E-state index >= 15 is 0 Å². The van der Waals surface area contributed by atoms with Gasteiger partial charge in [-0.25, -0.2) is 4.79 Å². The fourth-order valence-electron chi connectivity index (χ4n) is 4.29. The van der Waals surface area contributed by atoms with E-state index in [1.165, 1.54) is 19.1 Å². The van der Waals surface area contributed by atoms with Crippen molar-refractivity contribution in [2.45, 2.75) is 13.5 Å². The van der Waals surface area contributed by atoms with E-state index in [2.05, 4.69) is 5.32 Å². The molecule has 2 heterocycles. The Balaban J connectivity index is 1.44. The third kappa shape index (κ3) is 5.32. The summed E-state index contributed by atoms with van der Waals surface area (Å²) in [6.07, 6.45) is 3.54. The van der Waals surface area contributed by atoms with Gasteiger partial charge in [-0.3, -0.25) is 9.59 Å². The number of carboxylic acids is 1. The molecular formula is C31H24N2O5. The molecule has 7 nitrogen and oxygen atoms in total. The Morgan fingerprint density at radius 1 is 0.921 bits per heavy atom. The number of carbonyl (C=O) groups excluding carboxylic acids is 2. The van der Waals surface area contributed by atoms with Crippen LogP contribution in [0.1, 0.15) is 34.2 Å². The highest BCUT2D eigenvalue weighted by Gasteiger charge is 2.29. The Hall–Kier alpha value is -5.17. The minimum Gasteiger partial charge on any atom is -0.478 e. The lowest BCUT2D eigenvalue weighted by molar-refractivity contribution is -0.123. The summed E-state index contributed by atoms with van der Waals surface area (Å²) < 4.78 is 6.03. The largest absolute Gasteiger partial charge is 0.478 e. The van der Waals surface area contributed by atoms with Crippen LogP contribution in [0.4, 0.5) is 5.69 Å². The summed E-state index contributed by atoms with van der Waals surface area (Å²) in [5, 5.41) is 11.9. The molecule has 7 heteroatoms. The first-order chi connectivity index (χ1) is 18.4. The van der Waals surface area contributed by atoms with Gasteiger partial charge >= 0.3 is 5.97 Å². The van der Waals surface area contributed by atoms with Crippen LogP contribution in [0.25, 0.3) is 23.1 Å². The maximum Gasteiger partial charge on any atom is 0.335 e. The lowest BCUT2D eigenvalue weighted by Crippen LogP contribution is -2.25.